The van der Waals surface area contributed by atoms with Gasteiger partial charge in [0.25, 0.3) is 5.69 Å². The number of hydrogen-bond donors (Lipinski definition) is 0. The SMILES string of the molecule is CCOc1cc(/C=C2\N=C(c3ccc(C)c([N+](=O)[O-])c3)OC2=O)ccc1Oc1ccc(C(F)(F)F)cc1[N+](=O)[O-]. The number of aryl methyl sites for hydroxylation is 1. The van der Waals surface area contributed by atoms with Crippen LogP contribution in [0.15, 0.2) is 65.3 Å². The molecule has 0 fully saturated rings. The van der Waals surface area contributed by atoms with Gasteiger partial charge < -0.3 is 14.2 Å². The van der Waals surface area contributed by atoms with Crippen molar-refractivity contribution >= 4 is 29.3 Å². The Labute approximate surface area is 223 Å². The van der Waals surface area contributed by atoms with Gasteiger partial charge in [-0.1, -0.05) is 12.1 Å². The van der Waals surface area contributed by atoms with Crippen LogP contribution in [0.1, 0.15) is 29.2 Å². The molecule has 0 aromatic heterocycles. The van der Waals surface area contributed by atoms with Crippen molar-refractivity contribution in [1.29, 1.82) is 0 Å². The molecule has 1 aliphatic rings. The summed E-state index contributed by atoms with van der Waals surface area (Å²) >= 11 is 0. The zero-order valence-corrected chi connectivity index (χ0v) is 20.7. The van der Waals surface area contributed by atoms with Gasteiger partial charge in [0.2, 0.25) is 11.6 Å². The Bertz CT molecular complexity index is 1600. The Kier molecular flexibility index (Phi) is 7.52. The molecule has 3 aromatic rings. The van der Waals surface area contributed by atoms with Gasteiger partial charge in [-0.3, -0.25) is 20.2 Å². The minimum atomic E-state index is -4.78. The third-order valence-corrected chi connectivity index (χ3v) is 5.55. The molecule has 1 aliphatic heterocycles. The number of carbonyl (C=O) groups excluding carboxylic acids is 1. The second kappa shape index (κ2) is 10.8. The van der Waals surface area contributed by atoms with E-state index < -0.39 is 39.0 Å². The maximum atomic E-state index is 13.0. The van der Waals surface area contributed by atoms with E-state index in [1.165, 1.54) is 42.5 Å². The van der Waals surface area contributed by atoms with Crippen LogP contribution >= 0.6 is 0 Å². The highest BCUT2D eigenvalue weighted by Gasteiger charge is 2.33. The van der Waals surface area contributed by atoms with Crippen LogP contribution in [0.5, 0.6) is 17.2 Å². The fraction of sp³-hybridized carbons (Fsp3) is 0.154. The van der Waals surface area contributed by atoms with Gasteiger partial charge in [0.15, 0.2) is 17.2 Å². The molecule has 14 heteroatoms. The Morgan fingerprint density at radius 1 is 0.950 bits per heavy atom. The van der Waals surface area contributed by atoms with E-state index >= 15 is 0 Å². The van der Waals surface area contributed by atoms with Crippen LogP contribution < -0.4 is 9.47 Å². The number of alkyl halides is 3. The zero-order valence-electron chi connectivity index (χ0n) is 20.7. The highest BCUT2D eigenvalue weighted by Crippen LogP contribution is 2.40. The third kappa shape index (κ3) is 5.90. The molecule has 11 nitrogen and oxygen atoms in total. The fourth-order valence-electron chi connectivity index (χ4n) is 3.64. The van der Waals surface area contributed by atoms with E-state index in [0.717, 1.165) is 6.07 Å². The molecule has 0 amide bonds. The smallest absolute Gasteiger partial charge is 0.416 e. The molecule has 0 radical (unpaired) electrons. The quantitative estimate of drug-likeness (QED) is 0.135. The van der Waals surface area contributed by atoms with Crippen molar-refractivity contribution in [2.75, 3.05) is 6.61 Å². The van der Waals surface area contributed by atoms with Crippen molar-refractivity contribution in [2.45, 2.75) is 20.0 Å². The van der Waals surface area contributed by atoms with Crippen LogP contribution in [0.3, 0.4) is 0 Å². The zero-order chi connectivity index (χ0) is 29.2. The van der Waals surface area contributed by atoms with E-state index in [-0.39, 0.29) is 41.0 Å². The fourth-order valence-corrected chi connectivity index (χ4v) is 3.64. The highest BCUT2D eigenvalue weighted by molar-refractivity contribution is 6.13. The van der Waals surface area contributed by atoms with Crippen LogP contribution in [0.4, 0.5) is 24.5 Å². The second-order valence-corrected chi connectivity index (χ2v) is 8.27. The number of carbonyl (C=O) groups is 1. The molecule has 0 aliphatic carbocycles. The summed E-state index contributed by atoms with van der Waals surface area (Å²) in [7, 11) is 0. The van der Waals surface area contributed by atoms with Crippen molar-refractivity contribution < 1.29 is 42.0 Å². The Balaban J connectivity index is 1.66. The van der Waals surface area contributed by atoms with Crippen molar-refractivity contribution in [3.8, 4) is 17.2 Å². The lowest BCUT2D eigenvalue weighted by Gasteiger charge is -2.13. The molecular weight excluding hydrogens is 539 g/mol. The van der Waals surface area contributed by atoms with Crippen molar-refractivity contribution in [3.05, 3.63) is 103 Å². The molecule has 1 heterocycles. The number of rotatable bonds is 8. The number of nitro benzene ring substituents is 2. The molecule has 0 spiro atoms. The summed E-state index contributed by atoms with van der Waals surface area (Å²) in [5.74, 6) is -1.32. The number of halogens is 3. The van der Waals surface area contributed by atoms with Crippen LogP contribution in [-0.4, -0.2) is 28.3 Å². The molecule has 0 saturated heterocycles. The molecule has 40 heavy (non-hydrogen) atoms. The number of nitrogens with zero attached hydrogens (tertiary/aromatic N) is 3. The number of hydrogen-bond acceptors (Lipinski definition) is 9. The Morgan fingerprint density at radius 2 is 1.65 bits per heavy atom. The lowest BCUT2D eigenvalue weighted by Crippen LogP contribution is -2.06. The molecular formula is C26H18F3N3O8. The van der Waals surface area contributed by atoms with Gasteiger partial charge in [0, 0.05) is 23.3 Å². The summed E-state index contributed by atoms with van der Waals surface area (Å²) < 4.78 is 55.3. The molecule has 0 bridgehead atoms. The average molecular weight is 557 g/mol. The number of benzene rings is 3. The lowest BCUT2D eigenvalue weighted by molar-refractivity contribution is -0.385. The summed E-state index contributed by atoms with van der Waals surface area (Å²) in [6, 6.07) is 10.4. The summed E-state index contributed by atoms with van der Waals surface area (Å²) in [5, 5.41) is 22.6. The van der Waals surface area contributed by atoms with Crippen molar-refractivity contribution in [3.63, 3.8) is 0 Å². The Morgan fingerprint density at radius 3 is 2.30 bits per heavy atom. The predicted molar refractivity (Wildman–Crippen MR) is 134 cm³/mol. The normalized spacial score (nSPS) is 14.1. The van der Waals surface area contributed by atoms with Gasteiger partial charge >= 0.3 is 17.8 Å². The number of esters is 1. The maximum absolute atomic E-state index is 13.0. The van der Waals surface area contributed by atoms with Crippen molar-refractivity contribution in [1.82, 2.24) is 0 Å². The molecule has 206 valence electrons. The molecule has 4 rings (SSSR count). The average Bonchev–Trinajstić information content (AvgIpc) is 3.25. The molecule has 0 unspecified atom stereocenters. The van der Waals surface area contributed by atoms with E-state index in [2.05, 4.69) is 4.99 Å². The van der Waals surface area contributed by atoms with Crippen LogP contribution in [0.25, 0.3) is 6.08 Å². The number of cyclic esters (lactones) is 1. The molecule has 0 saturated carbocycles. The first kappa shape index (κ1) is 27.8. The highest BCUT2D eigenvalue weighted by atomic mass is 19.4. The summed E-state index contributed by atoms with van der Waals surface area (Å²) in [5.41, 5.74) is -1.36. The summed E-state index contributed by atoms with van der Waals surface area (Å²) in [4.78, 5) is 37.7. The largest absolute Gasteiger partial charge is 0.490 e. The van der Waals surface area contributed by atoms with Gasteiger partial charge in [-0.2, -0.15) is 13.2 Å². The predicted octanol–water partition coefficient (Wildman–Crippen LogP) is 6.37. The van der Waals surface area contributed by atoms with Crippen LogP contribution in [-0.2, 0) is 15.7 Å². The topological polar surface area (TPSA) is 143 Å². The third-order valence-electron chi connectivity index (χ3n) is 5.55. The van der Waals surface area contributed by atoms with E-state index in [1.807, 2.05) is 0 Å². The van der Waals surface area contributed by atoms with Gasteiger partial charge in [0.1, 0.15) is 0 Å². The van der Waals surface area contributed by atoms with Gasteiger partial charge in [-0.25, -0.2) is 9.79 Å². The molecule has 0 N–H and O–H groups in total. The van der Waals surface area contributed by atoms with E-state index in [4.69, 9.17) is 14.2 Å². The first-order valence-corrected chi connectivity index (χ1v) is 11.5. The number of ether oxygens (including phenoxy) is 3. The van der Waals surface area contributed by atoms with Crippen molar-refractivity contribution in [2.24, 2.45) is 4.99 Å². The van der Waals surface area contributed by atoms with E-state index in [0.29, 0.717) is 23.3 Å². The minimum Gasteiger partial charge on any atom is -0.490 e. The van der Waals surface area contributed by atoms with Gasteiger partial charge in [-0.15, -0.1) is 0 Å². The lowest BCUT2D eigenvalue weighted by atomic mass is 10.1. The monoisotopic (exact) mass is 557 g/mol. The van der Waals surface area contributed by atoms with E-state index in [9.17, 15) is 38.2 Å². The first-order valence-electron chi connectivity index (χ1n) is 11.5. The number of aliphatic imine (C=N–C) groups is 1. The minimum absolute atomic E-state index is 0.0305. The summed E-state index contributed by atoms with van der Waals surface area (Å²) in [6.45, 7) is 3.36. The van der Waals surface area contributed by atoms with Gasteiger partial charge in [0.05, 0.1) is 22.0 Å². The Hall–Kier alpha value is -5.27. The standard InChI is InChI=1S/C26H18F3N3O8/c1-3-38-23-11-15(5-8-22(23)39-21-9-7-17(26(27,28)29)13-20(21)32(36)37)10-18-25(33)40-24(30-18)16-6-4-14(2)19(12-16)31(34)35/h4-13H,3H2,1-2H3/b18-10-. The maximum Gasteiger partial charge on any atom is 0.416 e. The molecule has 0 atom stereocenters. The number of nitro groups is 2. The molecule has 3 aromatic carbocycles. The van der Waals surface area contributed by atoms with Gasteiger partial charge in [-0.05, 0) is 55.8 Å². The van der Waals surface area contributed by atoms with Crippen LogP contribution in [0, 0.1) is 27.2 Å². The second-order valence-electron chi connectivity index (χ2n) is 8.27. The first-order chi connectivity index (χ1) is 18.9. The van der Waals surface area contributed by atoms with E-state index in [1.54, 1.807) is 13.8 Å². The summed E-state index contributed by atoms with van der Waals surface area (Å²) in [6.07, 6.45) is -3.43. The van der Waals surface area contributed by atoms with Crippen LogP contribution in [0.2, 0.25) is 0 Å².